The van der Waals surface area contributed by atoms with Gasteiger partial charge in [0, 0.05) is 37.4 Å². The van der Waals surface area contributed by atoms with E-state index in [0.717, 1.165) is 36.3 Å². The zero-order valence-corrected chi connectivity index (χ0v) is 21.5. The van der Waals surface area contributed by atoms with Crippen LogP contribution in [0, 0.1) is 12.3 Å². The highest BCUT2D eigenvalue weighted by Crippen LogP contribution is 2.44. The summed E-state index contributed by atoms with van der Waals surface area (Å²) in [6.07, 6.45) is 6.16. The molecule has 2 aliphatic rings. The first-order valence-electron chi connectivity index (χ1n) is 12.0. The molecule has 0 aromatic carbocycles. The molecule has 34 heavy (non-hydrogen) atoms. The van der Waals surface area contributed by atoms with E-state index in [0.29, 0.717) is 22.5 Å². The first-order chi connectivity index (χ1) is 16.0. The highest BCUT2D eigenvalue weighted by atomic mass is 32.1. The van der Waals surface area contributed by atoms with E-state index in [-0.39, 0.29) is 23.5 Å². The number of amides is 2. The van der Waals surface area contributed by atoms with Crippen molar-refractivity contribution in [2.75, 3.05) is 25.0 Å². The van der Waals surface area contributed by atoms with Gasteiger partial charge in [-0.1, -0.05) is 6.92 Å². The molecule has 4 rings (SSSR count). The number of anilines is 1. The molecule has 0 unspecified atom stereocenters. The number of nitrogens with one attached hydrogen (secondary N) is 2. The Kier molecular flexibility index (Phi) is 6.70. The Morgan fingerprint density at radius 3 is 2.68 bits per heavy atom. The maximum absolute atomic E-state index is 13.5. The van der Waals surface area contributed by atoms with E-state index >= 15 is 0 Å². The van der Waals surface area contributed by atoms with Crippen molar-refractivity contribution in [1.29, 1.82) is 0 Å². The number of hydrogen-bond acceptors (Lipinski definition) is 7. The average Bonchev–Trinajstić information content (AvgIpc) is 3.15. The molecular formula is C25H35N5O3S. The molecule has 8 nitrogen and oxygen atoms in total. The Morgan fingerprint density at radius 1 is 1.35 bits per heavy atom. The largest absolute Gasteiger partial charge is 0.389 e. The van der Waals surface area contributed by atoms with Crippen molar-refractivity contribution in [3.05, 3.63) is 28.5 Å². The summed E-state index contributed by atoms with van der Waals surface area (Å²) in [6.45, 7) is 11.2. The van der Waals surface area contributed by atoms with Gasteiger partial charge in [0.05, 0.1) is 10.5 Å². The molecule has 1 aliphatic carbocycles. The quantitative estimate of drug-likeness (QED) is 0.524. The second-order valence-corrected chi connectivity index (χ2v) is 11.7. The van der Waals surface area contributed by atoms with Crippen LogP contribution in [0.25, 0.3) is 10.4 Å². The number of aliphatic hydroxyl groups is 1. The highest BCUT2D eigenvalue weighted by Gasteiger charge is 2.37. The van der Waals surface area contributed by atoms with Gasteiger partial charge in [-0.2, -0.15) is 0 Å². The number of aromatic nitrogens is 2. The van der Waals surface area contributed by atoms with Gasteiger partial charge in [0.25, 0.3) is 11.8 Å². The zero-order chi connectivity index (χ0) is 24.7. The van der Waals surface area contributed by atoms with Gasteiger partial charge >= 0.3 is 0 Å². The van der Waals surface area contributed by atoms with E-state index in [9.17, 15) is 14.7 Å². The van der Waals surface area contributed by atoms with Crippen molar-refractivity contribution in [3.63, 3.8) is 0 Å². The normalized spacial score (nSPS) is 19.2. The van der Waals surface area contributed by atoms with Gasteiger partial charge in [0.2, 0.25) is 0 Å². The lowest BCUT2D eigenvalue weighted by molar-refractivity contribution is 0.0692. The summed E-state index contributed by atoms with van der Waals surface area (Å²) in [5.74, 6) is 0.257. The summed E-state index contributed by atoms with van der Waals surface area (Å²) in [5, 5.41) is 16.3. The van der Waals surface area contributed by atoms with E-state index in [1.165, 1.54) is 24.2 Å². The fourth-order valence-electron chi connectivity index (χ4n) is 4.07. The topological polar surface area (TPSA) is 107 Å². The van der Waals surface area contributed by atoms with Crippen LogP contribution in [0.4, 0.5) is 5.82 Å². The van der Waals surface area contributed by atoms with Gasteiger partial charge in [-0.15, -0.1) is 11.3 Å². The minimum Gasteiger partial charge on any atom is -0.389 e. The van der Waals surface area contributed by atoms with E-state index in [1.54, 1.807) is 20.0 Å². The molecule has 184 valence electrons. The molecule has 2 aromatic rings. The summed E-state index contributed by atoms with van der Waals surface area (Å²) in [7, 11) is 0. The zero-order valence-electron chi connectivity index (χ0n) is 20.7. The SMILES string of the molecule is Cc1cc(NCC2(C)CC2)ncc1-c1sc(C(=O)NCC(C)(C)O)nc1C(=O)N1CCC[C@@H]1C. The number of likely N-dealkylation sites (tertiary alicyclic amines) is 1. The lowest BCUT2D eigenvalue weighted by Gasteiger charge is -2.21. The summed E-state index contributed by atoms with van der Waals surface area (Å²) in [6, 6.07) is 2.13. The second-order valence-electron chi connectivity index (χ2n) is 10.7. The monoisotopic (exact) mass is 485 g/mol. The van der Waals surface area contributed by atoms with Gasteiger partial charge in [0.15, 0.2) is 5.01 Å². The van der Waals surface area contributed by atoms with Gasteiger partial charge in [0.1, 0.15) is 11.5 Å². The van der Waals surface area contributed by atoms with Crippen molar-refractivity contribution in [2.24, 2.45) is 5.41 Å². The molecule has 1 saturated carbocycles. The van der Waals surface area contributed by atoms with Crippen LogP contribution in [-0.4, -0.2) is 63.1 Å². The van der Waals surface area contributed by atoms with Crippen LogP contribution in [0.15, 0.2) is 12.3 Å². The van der Waals surface area contributed by atoms with Crippen molar-refractivity contribution < 1.29 is 14.7 Å². The van der Waals surface area contributed by atoms with Crippen LogP contribution < -0.4 is 10.6 Å². The van der Waals surface area contributed by atoms with Gasteiger partial charge < -0.3 is 20.6 Å². The Hall–Kier alpha value is -2.52. The molecule has 1 aliphatic heterocycles. The van der Waals surface area contributed by atoms with Crippen LogP contribution in [0.5, 0.6) is 0 Å². The molecule has 2 fully saturated rings. The van der Waals surface area contributed by atoms with Crippen LogP contribution in [0.2, 0.25) is 0 Å². The maximum atomic E-state index is 13.5. The molecule has 1 atom stereocenters. The summed E-state index contributed by atoms with van der Waals surface area (Å²) in [5.41, 5.74) is 1.39. The Bertz CT molecular complexity index is 1090. The lowest BCUT2D eigenvalue weighted by Crippen LogP contribution is -2.38. The maximum Gasteiger partial charge on any atom is 0.280 e. The summed E-state index contributed by atoms with van der Waals surface area (Å²) >= 11 is 1.19. The van der Waals surface area contributed by atoms with Gasteiger partial charge in [-0.05, 0) is 70.4 Å². The number of thiazole rings is 1. The number of aryl methyl sites for hydroxylation is 1. The number of rotatable bonds is 8. The number of carbonyl (C=O) groups excluding carboxylic acids is 2. The Balaban J connectivity index is 1.64. The number of carbonyl (C=O) groups is 2. The molecule has 9 heteroatoms. The van der Waals surface area contributed by atoms with Crippen molar-refractivity contribution >= 4 is 29.0 Å². The third kappa shape index (κ3) is 5.58. The van der Waals surface area contributed by atoms with Crippen LogP contribution in [0.3, 0.4) is 0 Å². The van der Waals surface area contributed by atoms with Crippen LogP contribution in [-0.2, 0) is 0 Å². The van der Waals surface area contributed by atoms with E-state index < -0.39 is 11.5 Å². The summed E-state index contributed by atoms with van der Waals surface area (Å²) in [4.78, 5) is 37.8. The number of pyridine rings is 1. The molecule has 3 N–H and O–H groups in total. The third-order valence-corrected chi connectivity index (χ3v) is 7.76. The standard InChI is InChI=1S/C25H35N5O3S/c1-15-11-18(27-14-25(5)8-9-25)26-12-17(15)20-19(23(32)30-10-6-7-16(30)2)29-22(34-20)21(31)28-13-24(3,4)33/h11-12,16,33H,6-10,13-14H2,1-5H3,(H,26,27)(H,28,31)/t16-/m0/s1. The Morgan fingerprint density at radius 2 is 2.09 bits per heavy atom. The molecule has 0 bridgehead atoms. The first kappa shape index (κ1) is 24.6. The molecule has 2 amide bonds. The van der Waals surface area contributed by atoms with Crippen LogP contribution >= 0.6 is 11.3 Å². The highest BCUT2D eigenvalue weighted by molar-refractivity contribution is 7.17. The van der Waals surface area contributed by atoms with E-state index in [1.807, 2.05) is 24.8 Å². The first-order valence-corrected chi connectivity index (χ1v) is 12.8. The number of nitrogens with zero attached hydrogens (tertiary/aromatic N) is 3. The predicted molar refractivity (Wildman–Crippen MR) is 134 cm³/mol. The van der Waals surface area contributed by atoms with E-state index in [2.05, 4.69) is 27.5 Å². The van der Waals surface area contributed by atoms with Gasteiger partial charge in [-0.3, -0.25) is 9.59 Å². The average molecular weight is 486 g/mol. The fourth-order valence-corrected chi connectivity index (χ4v) is 5.12. The second kappa shape index (κ2) is 9.26. The van der Waals surface area contributed by atoms with Crippen molar-refractivity contribution in [3.8, 4) is 10.4 Å². The molecule has 2 aromatic heterocycles. The molecule has 0 spiro atoms. The minimum absolute atomic E-state index is 0.0903. The molecular weight excluding hydrogens is 450 g/mol. The van der Waals surface area contributed by atoms with Crippen molar-refractivity contribution in [1.82, 2.24) is 20.2 Å². The third-order valence-electron chi connectivity index (χ3n) is 6.67. The van der Waals surface area contributed by atoms with Gasteiger partial charge in [-0.25, -0.2) is 9.97 Å². The lowest BCUT2D eigenvalue weighted by atomic mass is 10.1. The smallest absolute Gasteiger partial charge is 0.280 e. The van der Waals surface area contributed by atoms with E-state index in [4.69, 9.17) is 0 Å². The molecule has 0 radical (unpaired) electrons. The minimum atomic E-state index is -1.04. The van der Waals surface area contributed by atoms with Crippen molar-refractivity contribution in [2.45, 2.75) is 71.9 Å². The number of hydrogen-bond donors (Lipinski definition) is 3. The predicted octanol–water partition coefficient (Wildman–Crippen LogP) is 3.85. The van der Waals surface area contributed by atoms with Crippen LogP contribution in [0.1, 0.15) is 79.2 Å². The fraction of sp³-hybridized carbons (Fsp3) is 0.600. The molecule has 1 saturated heterocycles. The molecule has 3 heterocycles. The Labute approximate surface area is 205 Å². The summed E-state index contributed by atoms with van der Waals surface area (Å²) < 4.78 is 0.